The summed E-state index contributed by atoms with van der Waals surface area (Å²) in [4.78, 5) is 25.4. The molecule has 3 heterocycles. The first-order chi connectivity index (χ1) is 15.7. The van der Waals surface area contributed by atoms with Crippen molar-refractivity contribution in [3.05, 3.63) is 39.5 Å². The van der Waals surface area contributed by atoms with E-state index in [1.165, 1.54) is 23.6 Å². The van der Waals surface area contributed by atoms with Gasteiger partial charge in [-0.2, -0.15) is 13.2 Å². The Bertz CT molecular complexity index is 1010. The maximum atomic E-state index is 13.3. The summed E-state index contributed by atoms with van der Waals surface area (Å²) in [6.07, 6.45) is 1.29. The van der Waals surface area contributed by atoms with Crippen LogP contribution in [-0.2, 0) is 12.6 Å². The summed E-state index contributed by atoms with van der Waals surface area (Å²) in [6, 6.07) is 1.68. The molecule has 180 valence electrons. The highest BCUT2D eigenvalue weighted by Gasteiger charge is 2.37. The molecule has 33 heavy (non-hydrogen) atoms. The van der Waals surface area contributed by atoms with Crippen LogP contribution in [0.5, 0.6) is 0 Å². The zero-order valence-corrected chi connectivity index (χ0v) is 20.3. The third-order valence-electron chi connectivity index (χ3n) is 5.34. The average molecular weight is 502 g/mol. The number of pyridine rings is 1. The highest BCUT2D eigenvalue weighted by molar-refractivity contribution is 7.16. The molecule has 2 aromatic heterocycles. The average Bonchev–Trinajstić information content (AvgIpc) is 3.05. The Kier molecular flexibility index (Phi) is 8.23. The molecule has 0 saturated carbocycles. The minimum absolute atomic E-state index is 0.103. The first kappa shape index (κ1) is 25.3. The normalized spacial score (nSPS) is 18.5. The van der Waals surface area contributed by atoms with Crippen LogP contribution < -0.4 is 10.2 Å². The minimum Gasteiger partial charge on any atom is -0.352 e. The number of carbonyl (C=O) groups is 1. The van der Waals surface area contributed by atoms with E-state index in [4.69, 9.17) is 11.6 Å². The van der Waals surface area contributed by atoms with Gasteiger partial charge in [0.2, 0.25) is 0 Å². The monoisotopic (exact) mass is 501 g/mol. The number of nitrogens with zero attached hydrogens (tertiary/aromatic N) is 4. The van der Waals surface area contributed by atoms with Gasteiger partial charge < -0.3 is 9.80 Å². The molecule has 0 spiro atoms. The number of alkyl halides is 3. The molecule has 4 rings (SSSR count). The van der Waals surface area contributed by atoms with Gasteiger partial charge in [-0.15, -0.1) is 0 Å². The predicted molar refractivity (Wildman–Crippen MR) is 127 cm³/mol. The molecule has 0 aromatic carbocycles. The number of carbonyl (C=O) groups excluding carboxylic acids is 1. The molecule has 1 N–H and O–H groups in total. The third kappa shape index (κ3) is 5.97. The number of amides is 2. The number of aryl methyl sites for hydroxylation is 1. The van der Waals surface area contributed by atoms with Gasteiger partial charge in [-0.25, -0.2) is 14.8 Å². The Morgan fingerprint density at radius 3 is 2.73 bits per heavy atom. The van der Waals surface area contributed by atoms with Crippen molar-refractivity contribution < 1.29 is 18.0 Å². The van der Waals surface area contributed by atoms with Crippen LogP contribution in [0.3, 0.4) is 0 Å². The van der Waals surface area contributed by atoms with E-state index in [0.29, 0.717) is 5.13 Å². The first-order valence-electron chi connectivity index (χ1n) is 10.9. The lowest BCUT2D eigenvalue weighted by Gasteiger charge is -2.40. The second kappa shape index (κ2) is 10.7. The Hall–Kier alpha value is -2.33. The van der Waals surface area contributed by atoms with Gasteiger partial charge in [0, 0.05) is 36.9 Å². The maximum Gasteiger partial charge on any atom is 0.419 e. The number of fused-ring (bicyclic) bond motifs is 1. The van der Waals surface area contributed by atoms with Crippen LogP contribution in [0.4, 0.5) is 28.9 Å². The van der Waals surface area contributed by atoms with Crippen molar-refractivity contribution in [3.8, 4) is 0 Å². The molecule has 1 aliphatic heterocycles. The summed E-state index contributed by atoms with van der Waals surface area (Å²) in [5.41, 5.74) is 0.153. The first-order valence-corrected chi connectivity index (χ1v) is 12.1. The SMILES string of the molecule is CC.CC1CN(c2ncccc2C(F)(F)F)CCN1C(=O)Nc1nc2c(s1)C=C(Cl)CCC2. The van der Waals surface area contributed by atoms with Crippen molar-refractivity contribution in [1.82, 2.24) is 14.9 Å². The summed E-state index contributed by atoms with van der Waals surface area (Å²) >= 11 is 7.54. The lowest BCUT2D eigenvalue weighted by molar-refractivity contribution is -0.137. The van der Waals surface area contributed by atoms with Crippen LogP contribution in [0.2, 0.25) is 0 Å². The molecule has 11 heteroatoms. The van der Waals surface area contributed by atoms with Crippen LogP contribution in [0.25, 0.3) is 6.08 Å². The van der Waals surface area contributed by atoms with Crippen LogP contribution in [0, 0.1) is 0 Å². The molecule has 2 aromatic rings. The Morgan fingerprint density at radius 1 is 1.27 bits per heavy atom. The second-order valence-electron chi connectivity index (χ2n) is 7.57. The van der Waals surface area contributed by atoms with Gasteiger partial charge in [0.1, 0.15) is 5.82 Å². The Morgan fingerprint density at radius 2 is 2.03 bits per heavy atom. The number of aromatic nitrogens is 2. The number of halogens is 4. The lowest BCUT2D eigenvalue weighted by Crippen LogP contribution is -2.55. The van der Waals surface area contributed by atoms with Gasteiger partial charge in [0.15, 0.2) is 5.13 Å². The van der Waals surface area contributed by atoms with Crippen molar-refractivity contribution in [2.24, 2.45) is 0 Å². The van der Waals surface area contributed by atoms with E-state index in [1.54, 1.807) is 9.80 Å². The molecule has 1 aliphatic carbocycles. The number of thiazole rings is 1. The number of rotatable bonds is 2. The number of anilines is 2. The summed E-state index contributed by atoms with van der Waals surface area (Å²) in [5, 5.41) is 4.10. The second-order valence-corrected chi connectivity index (χ2v) is 9.08. The molecular formula is C22H27ClF3N5OS. The van der Waals surface area contributed by atoms with E-state index < -0.39 is 11.7 Å². The molecular weight excluding hydrogens is 475 g/mol. The van der Waals surface area contributed by atoms with Crippen LogP contribution in [0.1, 0.15) is 49.7 Å². The van der Waals surface area contributed by atoms with E-state index in [9.17, 15) is 18.0 Å². The van der Waals surface area contributed by atoms with Crippen LogP contribution in [-0.4, -0.2) is 46.6 Å². The highest BCUT2D eigenvalue weighted by atomic mass is 35.5. The maximum absolute atomic E-state index is 13.3. The number of hydrogen-bond donors (Lipinski definition) is 1. The number of urea groups is 1. The quantitative estimate of drug-likeness (QED) is 0.529. The molecule has 2 amide bonds. The lowest BCUT2D eigenvalue weighted by atomic mass is 10.1. The van der Waals surface area contributed by atoms with Crippen LogP contribution in [0.15, 0.2) is 23.4 Å². The molecule has 6 nitrogen and oxygen atoms in total. The topological polar surface area (TPSA) is 61.4 Å². The van der Waals surface area contributed by atoms with Gasteiger partial charge >= 0.3 is 12.2 Å². The molecule has 0 bridgehead atoms. The largest absolute Gasteiger partial charge is 0.419 e. The number of allylic oxidation sites excluding steroid dienone is 1. The zero-order valence-electron chi connectivity index (χ0n) is 18.7. The predicted octanol–water partition coefficient (Wildman–Crippen LogP) is 6.24. The fourth-order valence-corrected chi connectivity index (χ4v) is 5.11. The van der Waals surface area contributed by atoms with Gasteiger partial charge in [0.05, 0.1) is 16.1 Å². The van der Waals surface area contributed by atoms with E-state index in [0.717, 1.165) is 40.9 Å². The number of hydrogen-bond acceptors (Lipinski definition) is 5. The summed E-state index contributed by atoms with van der Waals surface area (Å²) in [5.74, 6) is -0.103. The van der Waals surface area contributed by atoms with Gasteiger partial charge in [-0.1, -0.05) is 36.8 Å². The Labute approximate surface area is 200 Å². The van der Waals surface area contributed by atoms with Gasteiger partial charge in [0.25, 0.3) is 0 Å². The van der Waals surface area contributed by atoms with E-state index >= 15 is 0 Å². The zero-order chi connectivity index (χ0) is 24.2. The molecule has 0 radical (unpaired) electrons. The Balaban J connectivity index is 0.00000149. The molecule has 1 unspecified atom stereocenters. The molecule has 1 atom stereocenters. The van der Waals surface area contributed by atoms with Crippen molar-refractivity contribution in [1.29, 1.82) is 0 Å². The number of nitrogens with one attached hydrogen (secondary N) is 1. The van der Waals surface area contributed by atoms with Crippen molar-refractivity contribution >= 4 is 46.0 Å². The summed E-state index contributed by atoms with van der Waals surface area (Å²) in [6.45, 7) is 6.59. The number of piperazine rings is 1. The minimum atomic E-state index is -4.48. The smallest absolute Gasteiger partial charge is 0.352 e. The fraction of sp³-hybridized carbons (Fsp3) is 0.500. The van der Waals surface area contributed by atoms with E-state index in [2.05, 4.69) is 15.3 Å². The third-order valence-corrected chi connectivity index (χ3v) is 6.60. The summed E-state index contributed by atoms with van der Waals surface area (Å²) in [7, 11) is 0. The highest BCUT2D eigenvalue weighted by Crippen LogP contribution is 2.36. The molecule has 2 aliphatic rings. The van der Waals surface area contributed by atoms with Crippen molar-refractivity contribution in [2.45, 2.75) is 52.3 Å². The van der Waals surface area contributed by atoms with Crippen molar-refractivity contribution in [2.75, 3.05) is 29.9 Å². The van der Waals surface area contributed by atoms with E-state index in [-0.39, 0.29) is 37.5 Å². The molecule has 1 fully saturated rings. The van der Waals surface area contributed by atoms with E-state index in [1.807, 2.05) is 26.8 Å². The standard InChI is InChI=1S/C20H21ClF3N5OS.C2H6/c1-12-11-28(17-14(20(22,23)24)5-3-7-25-17)8-9-29(12)19(30)27-18-26-15-6-2-4-13(21)10-16(15)31-18;1-2/h3,5,7,10,12H,2,4,6,8-9,11H2,1H3,(H,26,27,30);1-2H3. The summed E-state index contributed by atoms with van der Waals surface area (Å²) < 4.78 is 40.0. The van der Waals surface area contributed by atoms with Crippen molar-refractivity contribution in [3.63, 3.8) is 0 Å². The van der Waals surface area contributed by atoms with Gasteiger partial charge in [-0.05, 0) is 44.4 Å². The van der Waals surface area contributed by atoms with Crippen LogP contribution >= 0.6 is 22.9 Å². The van der Waals surface area contributed by atoms with Gasteiger partial charge in [-0.3, -0.25) is 5.32 Å². The fourth-order valence-electron chi connectivity index (χ4n) is 3.83. The molecule has 1 saturated heterocycles.